The van der Waals surface area contributed by atoms with Gasteiger partial charge in [-0.15, -0.1) is 11.3 Å². The van der Waals surface area contributed by atoms with Gasteiger partial charge in [-0.05, 0) is 20.8 Å². The van der Waals surface area contributed by atoms with E-state index in [9.17, 15) is 10.1 Å². The molecule has 2 heterocycles. The first-order valence-corrected chi connectivity index (χ1v) is 7.11. The highest BCUT2D eigenvalue weighted by atomic mass is 32.1. The molecular formula is C13H18N4O2S. The summed E-state index contributed by atoms with van der Waals surface area (Å²) in [5, 5.41) is 9.98. The van der Waals surface area contributed by atoms with E-state index in [1.807, 2.05) is 25.7 Å². The number of hydrogen-bond donors (Lipinski definition) is 2. The molecule has 4 N–H and O–H groups in total. The highest BCUT2D eigenvalue weighted by Crippen LogP contribution is 2.39. The van der Waals surface area contributed by atoms with Crippen LogP contribution in [0.25, 0.3) is 0 Å². The van der Waals surface area contributed by atoms with Crippen LogP contribution in [0.5, 0.6) is 0 Å². The minimum Gasteiger partial charge on any atom is -0.396 e. The Morgan fingerprint density at radius 1 is 1.60 bits per heavy atom. The summed E-state index contributed by atoms with van der Waals surface area (Å²) in [5.41, 5.74) is 11.3. The van der Waals surface area contributed by atoms with Crippen LogP contribution in [0.1, 0.15) is 36.0 Å². The first-order valence-electron chi connectivity index (χ1n) is 6.30. The Bertz CT molecular complexity index is 588. The Hall–Kier alpha value is -1.78. The number of amides is 1. The lowest BCUT2D eigenvalue weighted by Crippen LogP contribution is -2.52. The van der Waals surface area contributed by atoms with E-state index in [0.29, 0.717) is 23.7 Å². The molecule has 1 unspecified atom stereocenters. The van der Waals surface area contributed by atoms with E-state index in [0.717, 1.165) is 0 Å². The number of carbonyl (C=O) groups excluding carboxylic acids is 1. The topological polar surface area (TPSA) is 105 Å². The summed E-state index contributed by atoms with van der Waals surface area (Å²) < 4.78 is 5.84. The molecule has 0 bridgehead atoms. The molecule has 6 nitrogen and oxygen atoms in total. The average molecular weight is 294 g/mol. The summed E-state index contributed by atoms with van der Waals surface area (Å²) in [6.45, 7) is 7.24. The zero-order valence-corrected chi connectivity index (χ0v) is 12.6. The number of hydrogen-bond acceptors (Lipinski definition) is 6. The monoisotopic (exact) mass is 294 g/mol. The van der Waals surface area contributed by atoms with E-state index in [2.05, 4.69) is 6.07 Å². The van der Waals surface area contributed by atoms with E-state index in [1.165, 1.54) is 11.3 Å². The normalized spacial score (nSPS) is 21.5. The van der Waals surface area contributed by atoms with Crippen molar-refractivity contribution < 1.29 is 9.53 Å². The number of thiophene rings is 1. The number of rotatable bonds is 2. The minimum absolute atomic E-state index is 0.0330. The molecule has 108 valence electrons. The molecule has 1 aromatic heterocycles. The van der Waals surface area contributed by atoms with Crippen molar-refractivity contribution in [1.82, 2.24) is 0 Å². The van der Waals surface area contributed by atoms with Gasteiger partial charge in [-0.25, -0.2) is 0 Å². The Morgan fingerprint density at radius 2 is 2.25 bits per heavy atom. The molecule has 0 radical (unpaired) electrons. The van der Waals surface area contributed by atoms with Crippen LogP contribution in [0.15, 0.2) is 0 Å². The van der Waals surface area contributed by atoms with Crippen molar-refractivity contribution in [1.29, 1.82) is 5.26 Å². The summed E-state index contributed by atoms with van der Waals surface area (Å²) >= 11 is 1.18. The predicted octanol–water partition coefficient (Wildman–Crippen LogP) is 1.30. The first-order chi connectivity index (χ1) is 9.25. The van der Waals surface area contributed by atoms with Crippen molar-refractivity contribution in [2.45, 2.75) is 32.5 Å². The van der Waals surface area contributed by atoms with Crippen molar-refractivity contribution >= 4 is 27.9 Å². The quantitative estimate of drug-likeness (QED) is 0.855. The van der Waals surface area contributed by atoms with Gasteiger partial charge in [0.1, 0.15) is 21.5 Å². The second kappa shape index (κ2) is 4.96. The van der Waals surface area contributed by atoms with Crippen molar-refractivity contribution in [3.8, 4) is 6.07 Å². The number of morpholine rings is 1. The zero-order valence-electron chi connectivity index (χ0n) is 11.8. The molecule has 1 aliphatic rings. The maximum atomic E-state index is 11.4. The molecule has 0 aromatic carbocycles. The van der Waals surface area contributed by atoms with Crippen LogP contribution in [-0.2, 0) is 4.74 Å². The van der Waals surface area contributed by atoms with Crippen molar-refractivity contribution in [3.63, 3.8) is 0 Å². The Morgan fingerprint density at radius 3 is 2.75 bits per heavy atom. The second-order valence-corrected chi connectivity index (χ2v) is 6.57. The highest BCUT2D eigenvalue weighted by Gasteiger charge is 2.34. The SMILES string of the molecule is CC1CN(c2sc(C(N)=O)c(N)c2C#N)CC(C)(C)O1. The van der Waals surface area contributed by atoms with Crippen LogP contribution in [0.3, 0.4) is 0 Å². The lowest BCUT2D eigenvalue weighted by molar-refractivity contribution is -0.0748. The molecule has 1 fully saturated rings. The maximum Gasteiger partial charge on any atom is 0.261 e. The smallest absolute Gasteiger partial charge is 0.261 e. The number of anilines is 2. The van der Waals surface area contributed by atoms with E-state index < -0.39 is 5.91 Å². The lowest BCUT2D eigenvalue weighted by atomic mass is 10.1. The molecule has 1 amide bonds. The van der Waals surface area contributed by atoms with Gasteiger partial charge >= 0.3 is 0 Å². The molecule has 7 heteroatoms. The van der Waals surface area contributed by atoms with Crippen molar-refractivity contribution in [2.24, 2.45) is 5.73 Å². The molecule has 2 rings (SSSR count). The number of primary amides is 1. The van der Waals surface area contributed by atoms with Crippen molar-refractivity contribution in [2.75, 3.05) is 23.7 Å². The number of carbonyl (C=O) groups is 1. The molecule has 0 saturated carbocycles. The summed E-state index contributed by atoms with van der Waals surface area (Å²) in [4.78, 5) is 13.7. The standard InChI is InChI=1S/C13H18N4O2S/c1-7-5-17(6-13(2,3)19-7)12-8(4-14)9(15)10(20-12)11(16)18/h7H,5-6,15H2,1-3H3,(H2,16,18). The molecular weight excluding hydrogens is 276 g/mol. The fourth-order valence-electron chi connectivity index (χ4n) is 2.55. The van der Waals surface area contributed by atoms with Crippen LogP contribution in [0.4, 0.5) is 10.7 Å². The van der Waals surface area contributed by atoms with Gasteiger partial charge in [0.25, 0.3) is 5.91 Å². The second-order valence-electron chi connectivity index (χ2n) is 5.57. The van der Waals surface area contributed by atoms with E-state index >= 15 is 0 Å². The fraction of sp³-hybridized carbons (Fsp3) is 0.538. The summed E-state index contributed by atoms with van der Waals surface area (Å²) in [5.74, 6) is -0.601. The largest absolute Gasteiger partial charge is 0.396 e. The first kappa shape index (κ1) is 14.6. The van der Waals surface area contributed by atoms with Crippen LogP contribution < -0.4 is 16.4 Å². The third kappa shape index (κ3) is 2.57. The van der Waals surface area contributed by atoms with Gasteiger partial charge in [0.05, 0.1) is 17.4 Å². The summed E-state index contributed by atoms with van der Waals surface area (Å²) in [7, 11) is 0. The van der Waals surface area contributed by atoms with Crippen molar-refractivity contribution in [3.05, 3.63) is 10.4 Å². The van der Waals surface area contributed by atoms with Crippen LogP contribution in [0.2, 0.25) is 0 Å². The number of ether oxygens (including phenoxy) is 1. The molecule has 0 spiro atoms. The molecule has 20 heavy (non-hydrogen) atoms. The van der Waals surface area contributed by atoms with Gasteiger partial charge in [-0.3, -0.25) is 4.79 Å². The third-order valence-corrected chi connectivity index (χ3v) is 4.40. The average Bonchev–Trinajstić information content (AvgIpc) is 2.63. The van der Waals surface area contributed by atoms with Gasteiger partial charge in [0.2, 0.25) is 0 Å². The highest BCUT2D eigenvalue weighted by molar-refractivity contribution is 7.19. The number of nitrogens with zero attached hydrogens (tertiary/aromatic N) is 2. The fourth-order valence-corrected chi connectivity index (χ4v) is 3.59. The molecule has 0 aliphatic carbocycles. The van der Waals surface area contributed by atoms with E-state index in [1.54, 1.807) is 0 Å². The van der Waals surface area contributed by atoms with Gasteiger partial charge in [-0.2, -0.15) is 5.26 Å². The third-order valence-electron chi connectivity index (χ3n) is 3.12. The maximum absolute atomic E-state index is 11.4. The zero-order chi connectivity index (χ0) is 15.1. The molecule has 1 saturated heterocycles. The van der Waals surface area contributed by atoms with Crippen LogP contribution in [0, 0.1) is 11.3 Å². The van der Waals surface area contributed by atoms with E-state index in [-0.39, 0.29) is 22.3 Å². The number of nitriles is 1. The van der Waals surface area contributed by atoms with Gasteiger partial charge in [0.15, 0.2) is 0 Å². The Kier molecular flexibility index (Phi) is 3.63. The Balaban J connectivity index is 2.45. The minimum atomic E-state index is -0.601. The summed E-state index contributed by atoms with van der Waals surface area (Å²) in [6.07, 6.45) is 0.0330. The molecule has 1 aromatic rings. The van der Waals surface area contributed by atoms with Crippen LogP contribution >= 0.6 is 11.3 Å². The molecule has 1 aliphatic heterocycles. The lowest BCUT2D eigenvalue weighted by Gasteiger charge is -2.42. The van der Waals surface area contributed by atoms with Gasteiger partial charge in [0, 0.05) is 13.1 Å². The van der Waals surface area contributed by atoms with E-state index in [4.69, 9.17) is 16.2 Å². The predicted molar refractivity (Wildman–Crippen MR) is 78.8 cm³/mol. The Labute approximate surface area is 121 Å². The van der Waals surface area contributed by atoms with Gasteiger partial charge in [-0.1, -0.05) is 0 Å². The summed E-state index contributed by atoms with van der Waals surface area (Å²) in [6, 6.07) is 2.07. The van der Waals surface area contributed by atoms with Crippen LogP contribution in [-0.4, -0.2) is 30.7 Å². The number of nitrogen functional groups attached to an aromatic ring is 1. The van der Waals surface area contributed by atoms with Gasteiger partial charge < -0.3 is 21.1 Å². The molecule has 1 atom stereocenters. The number of nitrogens with two attached hydrogens (primary N) is 2.